The fourth-order valence-corrected chi connectivity index (χ4v) is 3.32. The first-order valence-corrected chi connectivity index (χ1v) is 9.84. The van der Waals surface area contributed by atoms with Gasteiger partial charge in [0.05, 0.1) is 18.4 Å². The number of nitrogens with zero attached hydrogens (tertiary/aromatic N) is 4. The molecule has 1 aromatic carbocycles. The van der Waals surface area contributed by atoms with Crippen LogP contribution in [0.2, 0.25) is 0 Å². The molecule has 150 valence electrons. The van der Waals surface area contributed by atoms with Gasteiger partial charge in [0.1, 0.15) is 12.4 Å². The largest absolute Gasteiger partial charge is 0.353 e. The molecule has 2 N–H and O–H groups in total. The summed E-state index contributed by atoms with van der Waals surface area (Å²) in [7, 11) is 5.48. The molecular formula is C21H30N6O. The number of rotatable bonds is 6. The molecule has 0 radical (unpaired) electrons. The van der Waals surface area contributed by atoms with E-state index in [1.807, 2.05) is 36.3 Å². The second-order valence-electron chi connectivity index (χ2n) is 7.52. The third-order valence-corrected chi connectivity index (χ3v) is 5.01. The van der Waals surface area contributed by atoms with Crippen LogP contribution in [0, 0.1) is 0 Å². The Morgan fingerprint density at radius 3 is 2.61 bits per heavy atom. The summed E-state index contributed by atoms with van der Waals surface area (Å²) in [4.78, 5) is 28.0. The van der Waals surface area contributed by atoms with Gasteiger partial charge in [-0.25, -0.2) is 9.98 Å². The van der Waals surface area contributed by atoms with Crippen LogP contribution in [-0.4, -0.2) is 65.4 Å². The van der Waals surface area contributed by atoms with Crippen LogP contribution in [0.15, 0.2) is 41.5 Å². The minimum absolute atomic E-state index is 0.0107. The summed E-state index contributed by atoms with van der Waals surface area (Å²) in [5.74, 6) is 1.60. The molecule has 1 aliphatic rings. The summed E-state index contributed by atoms with van der Waals surface area (Å²) >= 11 is 0. The van der Waals surface area contributed by atoms with Crippen LogP contribution < -0.4 is 5.32 Å². The molecule has 0 aliphatic heterocycles. The summed E-state index contributed by atoms with van der Waals surface area (Å²) in [6.45, 7) is 0.724. The highest BCUT2D eigenvalue weighted by Crippen LogP contribution is 2.19. The average Bonchev–Trinajstić information content (AvgIpc) is 3.37. The smallest absolute Gasteiger partial charge is 0.243 e. The fraction of sp³-hybridized carbons (Fsp3) is 0.476. The van der Waals surface area contributed by atoms with Crippen molar-refractivity contribution in [3.05, 3.63) is 42.4 Å². The van der Waals surface area contributed by atoms with Crippen LogP contribution in [0.4, 0.5) is 0 Å². The van der Waals surface area contributed by atoms with Gasteiger partial charge in [-0.15, -0.1) is 0 Å². The highest BCUT2D eigenvalue weighted by atomic mass is 16.2. The monoisotopic (exact) mass is 382 g/mol. The molecule has 1 heterocycles. The van der Waals surface area contributed by atoms with E-state index in [0.717, 1.165) is 35.9 Å². The molecule has 0 saturated heterocycles. The van der Waals surface area contributed by atoms with Crippen molar-refractivity contribution >= 4 is 11.9 Å². The number of aromatic amines is 1. The Morgan fingerprint density at radius 1 is 1.21 bits per heavy atom. The van der Waals surface area contributed by atoms with Gasteiger partial charge in [-0.05, 0) is 18.4 Å². The Bertz CT molecular complexity index is 792. The number of benzene rings is 1. The highest BCUT2D eigenvalue weighted by Gasteiger charge is 2.19. The fourth-order valence-electron chi connectivity index (χ4n) is 3.32. The lowest BCUT2D eigenvalue weighted by atomic mass is 10.2. The van der Waals surface area contributed by atoms with Gasteiger partial charge in [0.15, 0.2) is 5.96 Å². The van der Waals surface area contributed by atoms with Crippen LogP contribution >= 0.6 is 0 Å². The van der Waals surface area contributed by atoms with Crippen molar-refractivity contribution in [2.24, 2.45) is 4.99 Å². The number of amides is 1. The number of aromatic nitrogens is 2. The first kappa shape index (κ1) is 19.9. The zero-order valence-corrected chi connectivity index (χ0v) is 17.0. The number of H-pyrrole nitrogens is 1. The van der Waals surface area contributed by atoms with E-state index < -0.39 is 0 Å². The molecule has 1 amide bonds. The van der Waals surface area contributed by atoms with Crippen LogP contribution in [0.25, 0.3) is 11.3 Å². The standard InChI is InChI=1S/C21H30N6O/c1-26(2)20(28)14-23-21(24-17-11-7-8-12-17)27(3)15-19-22-13-18(25-19)16-9-5-4-6-10-16/h4-6,9-10,13,17H,7-8,11-12,14-15H2,1-3H3,(H,22,25)(H,23,24). The Hall–Kier alpha value is -2.83. The molecule has 1 aromatic heterocycles. The molecular weight excluding hydrogens is 352 g/mol. The normalized spacial score (nSPS) is 14.9. The van der Waals surface area contributed by atoms with E-state index in [1.54, 1.807) is 19.0 Å². The number of imidazole rings is 1. The quantitative estimate of drug-likeness (QED) is 0.594. The first-order valence-electron chi connectivity index (χ1n) is 9.84. The SMILES string of the molecule is CN(C)C(=O)CN=C(NC1CCCC1)N(C)Cc1ncc(-c2ccccc2)[nH]1. The van der Waals surface area contributed by atoms with E-state index in [-0.39, 0.29) is 12.5 Å². The van der Waals surface area contributed by atoms with Crippen molar-refractivity contribution in [1.29, 1.82) is 0 Å². The third-order valence-electron chi connectivity index (χ3n) is 5.01. The van der Waals surface area contributed by atoms with Crippen molar-refractivity contribution in [1.82, 2.24) is 25.1 Å². The van der Waals surface area contributed by atoms with Crippen LogP contribution in [0.3, 0.4) is 0 Å². The highest BCUT2D eigenvalue weighted by molar-refractivity contribution is 5.84. The van der Waals surface area contributed by atoms with Gasteiger partial charge in [0, 0.05) is 27.2 Å². The number of guanidine groups is 1. The first-order chi connectivity index (χ1) is 13.5. The Kier molecular flexibility index (Phi) is 6.68. The lowest BCUT2D eigenvalue weighted by Crippen LogP contribution is -2.44. The molecule has 0 bridgehead atoms. The molecule has 28 heavy (non-hydrogen) atoms. The maximum Gasteiger partial charge on any atom is 0.243 e. The van der Waals surface area contributed by atoms with E-state index in [9.17, 15) is 4.79 Å². The molecule has 0 spiro atoms. The zero-order chi connectivity index (χ0) is 19.9. The van der Waals surface area contributed by atoms with Gasteiger partial charge in [-0.3, -0.25) is 4.79 Å². The molecule has 3 rings (SSSR count). The number of carbonyl (C=O) groups is 1. The summed E-state index contributed by atoms with van der Waals surface area (Å²) in [5, 5.41) is 3.53. The number of hydrogen-bond donors (Lipinski definition) is 2. The van der Waals surface area contributed by atoms with Crippen LogP contribution in [0.1, 0.15) is 31.5 Å². The van der Waals surface area contributed by atoms with E-state index in [1.165, 1.54) is 12.8 Å². The molecule has 1 fully saturated rings. The number of carbonyl (C=O) groups excluding carboxylic acids is 1. The molecule has 1 aliphatic carbocycles. The van der Waals surface area contributed by atoms with Crippen LogP contribution in [-0.2, 0) is 11.3 Å². The van der Waals surface area contributed by atoms with Crippen molar-refractivity contribution in [2.75, 3.05) is 27.7 Å². The topological polar surface area (TPSA) is 76.6 Å². The molecule has 7 nitrogen and oxygen atoms in total. The lowest BCUT2D eigenvalue weighted by Gasteiger charge is -2.25. The number of hydrogen-bond acceptors (Lipinski definition) is 3. The van der Waals surface area contributed by atoms with E-state index in [0.29, 0.717) is 12.6 Å². The van der Waals surface area contributed by atoms with E-state index in [4.69, 9.17) is 0 Å². The zero-order valence-electron chi connectivity index (χ0n) is 17.0. The van der Waals surface area contributed by atoms with Crippen molar-refractivity contribution in [3.63, 3.8) is 0 Å². The van der Waals surface area contributed by atoms with Crippen molar-refractivity contribution < 1.29 is 4.79 Å². The number of likely N-dealkylation sites (N-methyl/N-ethyl adjacent to an activating group) is 1. The van der Waals surface area contributed by atoms with Crippen LogP contribution in [0.5, 0.6) is 0 Å². The summed E-state index contributed by atoms with van der Waals surface area (Å²) in [5.41, 5.74) is 2.10. The lowest BCUT2D eigenvalue weighted by molar-refractivity contribution is -0.127. The predicted molar refractivity (Wildman–Crippen MR) is 112 cm³/mol. The number of nitrogens with one attached hydrogen (secondary N) is 2. The van der Waals surface area contributed by atoms with E-state index >= 15 is 0 Å². The second-order valence-corrected chi connectivity index (χ2v) is 7.52. The maximum atomic E-state index is 12.0. The van der Waals surface area contributed by atoms with Crippen molar-refractivity contribution in [3.8, 4) is 11.3 Å². The molecule has 2 aromatic rings. The van der Waals surface area contributed by atoms with Gasteiger partial charge in [-0.2, -0.15) is 0 Å². The van der Waals surface area contributed by atoms with E-state index in [2.05, 4.69) is 32.4 Å². The maximum absolute atomic E-state index is 12.0. The van der Waals surface area contributed by atoms with Gasteiger partial charge < -0.3 is 20.1 Å². The molecule has 7 heteroatoms. The van der Waals surface area contributed by atoms with Gasteiger partial charge >= 0.3 is 0 Å². The summed E-state index contributed by atoms with van der Waals surface area (Å²) in [6.07, 6.45) is 6.63. The predicted octanol–water partition coefficient (Wildman–Crippen LogP) is 2.48. The molecule has 0 unspecified atom stereocenters. The number of aliphatic imine (C=N–C) groups is 1. The molecule has 1 saturated carbocycles. The van der Waals surface area contributed by atoms with Crippen molar-refractivity contribution in [2.45, 2.75) is 38.3 Å². The van der Waals surface area contributed by atoms with Gasteiger partial charge in [0.2, 0.25) is 5.91 Å². The minimum Gasteiger partial charge on any atom is -0.353 e. The Labute approximate surface area is 166 Å². The molecule has 0 atom stereocenters. The van der Waals surface area contributed by atoms with Gasteiger partial charge in [0.25, 0.3) is 0 Å². The second kappa shape index (κ2) is 9.39. The Morgan fingerprint density at radius 2 is 1.93 bits per heavy atom. The third kappa shape index (κ3) is 5.34. The Balaban J connectivity index is 1.69. The average molecular weight is 383 g/mol. The van der Waals surface area contributed by atoms with Gasteiger partial charge in [-0.1, -0.05) is 43.2 Å². The summed E-state index contributed by atoms with van der Waals surface area (Å²) < 4.78 is 0. The minimum atomic E-state index is -0.0107. The summed E-state index contributed by atoms with van der Waals surface area (Å²) in [6, 6.07) is 10.6.